The first-order chi connectivity index (χ1) is 9.91. The van der Waals surface area contributed by atoms with Gasteiger partial charge in [0.05, 0.1) is 6.10 Å². The maximum Gasteiger partial charge on any atom is 0.248 e. The van der Waals surface area contributed by atoms with Crippen molar-refractivity contribution < 1.29 is 14.7 Å². The number of aliphatic hydroxyl groups is 1. The largest absolute Gasteiger partial charge is 0.391 e. The van der Waals surface area contributed by atoms with Crippen LogP contribution in [0.4, 0.5) is 0 Å². The van der Waals surface area contributed by atoms with Gasteiger partial charge in [-0.2, -0.15) is 0 Å². The Morgan fingerprint density at radius 2 is 1.81 bits per heavy atom. The number of likely N-dealkylation sites (tertiary alicyclic amines) is 1. The van der Waals surface area contributed by atoms with Crippen molar-refractivity contribution in [3.05, 3.63) is 0 Å². The smallest absolute Gasteiger partial charge is 0.248 e. The number of nitrogens with zero attached hydrogens (tertiary/aromatic N) is 1. The predicted molar refractivity (Wildman–Crippen MR) is 80.5 cm³/mol. The number of amides is 2. The monoisotopic (exact) mass is 296 g/mol. The summed E-state index contributed by atoms with van der Waals surface area (Å²) in [4.78, 5) is 26.6. The van der Waals surface area contributed by atoms with E-state index in [2.05, 4.69) is 19.2 Å². The normalized spacial score (nSPS) is 25.6. The molecule has 1 heterocycles. The third-order valence-electron chi connectivity index (χ3n) is 4.60. The van der Waals surface area contributed by atoms with Gasteiger partial charge >= 0.3 is 0 Å². The van der Waals surface area contributed by atoms with E-state index in [9.17, 15) is 14.7 Å². The molecular weight excluding hydrogens is 268 g/mol. The molecule has 1 aliphatic heterocycles. The summed E-state index contributed by atoms with van der Waals surface area (Å²) in [5, 5.41) is 12.7. The summed E-state index contributed by atoms with van der Waals surface area (Å²) in [6.45, 7) is 6.54. The van der Waals surface area contributed by atoms with Gasteiger partial charge in [0.25, 0.3) is 0 Å². The highest BCUT2D eigenvalue weighted by molar-refractivity contribution is 5.90. The average Bonchev–Trinajstić information content (AvgIpc) is 3.28. The topological polar surface area (TPSA) is 69.6 Å². The minimum absolute atomic E-state index is 0.0429. The molecule has 1 aliphatic carbocycles. The molecule has 21 heavy (non-hydrogen) atoms. The molecule has 0 aromatic carbocycles. The number of hydrogen-bond donors (Lipinski definition) is 2. The van der Waals surface area contributed by atoms with E-state index in [-0.39, 0.29) is 23.8 Å². The van der Waals surface area contributed by atoms with Crippen LogP contribution < -0.4 is 5.32 Å². The fourth-order valence-corrected chi connectivity index (χ4v) is 3.11. The van der Waals surface area contributed by atoms with Crippen LogP contribution in [0.15, 0.2) is 0 Å². The minimum Gasteiger partial charge on any atom is -0.391 e. The van der Waals surface area contributed by atoms with Crippen molar-refractivity contribution >= 4 is 11.8 Å². The zero-order chi connectivity index (χ0) is 15.6. The Hall–Kier alpha value is -1.10. The molecule has 2 amide bonds. The van der Waals surface area contributed by atoms with Crippen molar-refractivity contribution in [2.45, 2.75) is 71.1 Å². The van der Waals surface area contributed by atoms with E-state index in [4.69, 9.17) is 0 Å². The predicted octanol–water partition coefficient (Wildman–Crippen LogP) is 1.30. The lowest BCUT2D eigenvalue weighted by molar-refractivity contribution is -0.143. The standard InChI is InChI=1S/C16H28N2O3/c1-10(2)13-6-4-5-9-18(13)16(21)14(11(3)19)17-15(20)12-7-8-12/h10-14,19H,4-9H2,1-3H3,(H,17,20). The van der Waals surface area contributed by atoms with E-state index in [1.807, 2.05) is 4.90 Å². The van der Waals surface area contributed by atoms with E-state index >= 15 is 0 Å². The van der Waals surface area contributed by atoms with Gasteiger partial charge in [-0.15, -0.1) is 0 Å². The van der Waals surface area contributed by atoms with Crippen LogP contribution in [0.1, 0.15) is 52.9 Å². The molecule has 1 saturated carbocycles. The highest BCUT2D eigenvalue weighted by Crippen LogP contribution is 2.29. The molecule has 5 heteroatoms. The summed E-state index contributed by atoms with van der Waals surface area (Å²) >= 11 is 0. The molecule has 0 radical (unpaired) electrons. The molecule has 0 aromatic rings. The Kier molecular flexibility index (Phi) is 5.25. The first-order valence-electron chi connectivity index (χ1n) is 8.20. The van der Waals surface area contributed by atoms with Crippen LogP contribution in [-0.4, -0.2) is 46.6 Å². The van der Waals surface area contributed by atoms with Gasteiger partial charge < -0.3 is 15.3 Å². The molecule has 3 atom stereocenters. The lowest BCUT2D eigenvalue weighted by Crippen LogP contribution is -2.58. The van der Waals surface area contributed by atoms with Crippen LogP contribution in [0.5, 0.6) is 0 Å². The quantitative estimate of drug-likeness (QED) is 0.803. The van der Waals surface area contributed by atoms with E-state index in [1.54, 1.807) is 6.92 Å². The maximum absolute atomic E-state index is 12.8. The first-order valence-corrected chi connectivity index (χ1v) is 8.20. The van der Waals surface area contributed by atoms with Crippen LogP contribution in [0.3, 0.4) is 0 Å². The van der Waals surface area contributed by atoms with Gasteiger partial charge in [0.15, 0.2) is 0 Å². The van der Waals surface area contributed by atoms with Gasteiger partial charge in [-0.1, -0.05) is 13.8 Å². The molecule has 2 fully saturated rings. The second kappa shape index (κ2) is 6.77. The summed E-state index contributed by atoms with van der Waals surface area (Å²) in [5.74, 6) is 0.217. The van der Waals surface area contributed by atoms with E-state index in [1.165, 1.54) is 0 Å². The van der Waals surface area contributed by atoms with Gasteiger partial charge in [0, 0.05) is 18.5 Å². The molecule has 5 nitrogen and oxygen atoms in total. The van der Waals surface area contributed by atoms with Crippen LogP contribution in [-0.2, 0) is 9.59 Å². The van der Waals surface area contributed by atoms with Crippen molar-refractivity contribution in [1.29, 1.82) is 0 Å². The number of nitrogens with one attached hydrogen (secondary N) is 1. The number of piperidine rings is 1. The third kappa shape index (κ3) is 3.96. The van der Waals surface area contributed by atoms with Crippen LogP contribution in [0.25, 0.3) is 0 Å². The van der Waals surface area contributed by atoms with Crippen LogP contribution in [0.2, 0.25) is 0 Å². The maximum atomic E-state index is 12.8. The highest BCUT2D eigenvalue weighted by atomic mass is 16.3. The van der Waals surface area contributed by atoms with Crippen LogP contribution >= 0.6 is 0 Å². The number of carbonyl (C=O) groups is 2. The summed E-state index contributed by atoms with van der Waals surface area (Å²) < 4.78 is 0. The zero-order valence-electron chi connectivity index (χ0n) is 13.3. The van der Waals surface area contributed by atoms with E-state index < -0.39 is 12.1 Å². The van der Waals surface area contributed by atoms with E-state index in [0.717, 1.165) is 38.6 Å². The molecule has 1 saturated heterocycles. The Morgan fingerprint density at radius 1 is 1.14 bits per heavy atom. The van der Waals surface area contributed by atoms with Crippen molar-refractivity contribution in [3.63, 3.8) is 0 Å². The highest BCUT2D eigenvalue weighted by Gasteiger charge is 2.38. The Balaban J connectivity index is 2.06. The molecule has 2 N–H and O–H groups in total. The average molecular weight is 296 g/mol. The second-order valence-electron chi connectivity index (χ2n) is 6.84. The molecule has 2 rings (SSSR count). The van der Waals surface area contributed by atoms with Crippen molar-refractivity contribution in [2.75, 3.05) is 6.54 Å². The van der Waals surface area contributed by atoms with Gasteiger partial charge in [0.1, 0.15) is 6.04 Å². The zero-order valence-corrected chi connectivity index (χ0v) is 13.3. The fraction of sp³-hybridized carbons (Fsp3) is 0.875. The molecule has 0 aromatic heterocycles. The Labute approximate surface area is 127 Å². The van der Waals surface area contributed by atoms with Gasteiger partial charge in [-0.3, -0.25) is 9.59 Å². The molecule has 120 valence electrons. The van der Waals surface area contributed by atoms with Gasteiger partial charge in [0.2, 0.25) is 11.8 Å². The number of rotatable bonds is 5. The SMILES string of the molecule is CC(C)C1CCCCN1C(=O)C(NC(=O)C1CC1)C(C)O. The summed E-state index contributed by atoms with van der Waals surface area (Å²) in [6, 6.07) is -0.595. The van der Waals surface area contributed by atoms with Crippen molar-refractivity contribution in [3.8, 4) is 0 Å². The van der Waals surface area contributed by atoms with Crippen LogP contribution in [0, 0.1) is 11.8 Å². The second-order valence-corrected chi connectivity index (χ2v) is 6.84. The molecule has 0 spiro atoms. The molecule has 0 bridgehead atoms. The lowest BCUT2D eigenvalue weighted by atomic mass is 9.91. The van der Waals surface area contributed by atoms with E-state index in [0.29, 0.717) is 5.92 Å². The fourth-order valence-electron chi connectivity index (χ4n) is 3.11. The number of carbonyl (C=O) groups excluding carboxylic acids is 2. The Morgan fingerprint density at radius 3 is 2.33 bits per heavy atom. The molecular formula is C16H28N2O3. The molecule has 3 unspecified atom stereocenters. The van der Waals surface area contributed by atoms with Crippen molar-refractivity contribution in [2.24, 2.45) is 11.8 Å². The minimum atomic E-state index is -0.866. The number of aliphatic hydroxyl groups excluding tert-OH is 1. The number of hydrogen-bond acceptors (Lipinski definition) is 3. The Bertz CT molecular complexity index is 391. The summed E-state index contributed by atoms with van der Waals surface area (Å²) in [7, 11) is 0. The lowest BCUT2D eigenvalue weighted by Gasteiger charge is -2.40. The van der Waals surface area contributed by atoms with Gasteiger partial charge in [-0.25, -0.2) is 0 Å². The molecule has 2 aliphatic rings. The summed E-state index contributed by atoms with van der Waals surface area (Å²) in [6.07, 6.45) is 4.07. The third-order valence-corrected chi connectivity index (χ3v) is 4.60. The van der Waals surface area contributed by atoms with Gasteiger partial charge in [-0.05, 0) is 44.9 Å². The van der Waals surface area contributed by atoms with Crippen molar-refractivity contribution in [1.82, 2.24) is 10.2 Å². The summed E-state index contributed by atoms with van der Waals surface area (Å²) in [5.41, 5.74) is 0. The first kappa shape index (κ1) is 16.3.